The van der Waals surface area contributed by atoms with Gasteiger partial charge in [0, 0.05) is 12.3 Å². The number of carbonyl (C=O) groups is 1. The standard InChI is InChI=1S/C18H21N3O3S/c1-3-4-9-24-12-7-5-11(6-8-12)13-10-14(22)19-16-15(13)17(23)21-18(20-16)25-2/h5-8,13H,3-4,9-10H2,1-2H3,(H2,19,20,21,22,23)/t13-/m0/s1. The second kappa shape index (κ2) is 7.74. The number of anilines is 1. The molecule has 25 heavy (non-hydrogen) atoms. The second-order valence-corrected chi connectivity index (χ2v) is 6.71. The first-order valence-electron chi connectivity index (χ1n) is 8.33. The van der Waals surface area contributed by atoms with E-state index in [1.54, 1.807) is 0 Å². The Morgan fingerprint density at radius 1 is 1.28 bits per heavy atom. The number of hydrogen-bond donors (Lipinski definition) is 2. The highest BCUT2D eigenvalue weighted by atomic mass is 32.2. The molecule has 2 N–H and O–H groups in total. The number of unbranched alkanes of at least 4 members (excludes halogenated alkanes) is 1. The van der Waals surface area contributed by atoms with Gasteiger partial charge in [-0.2, -0.15) is 0 Å². The van der Waals surface area contributed by atoms with Crippen LogP contribution in [-0.4, -0.2) is 28.7 Å². The van der Waals surface area contributed by atoms with Crippen LogP contribution in [0.5, 0.6) is 5.75 Å². The molecular weight excluding hydrogens is 338 g/mol. The number of H-pyrrole nitrogens is 1. The third kappa shape index (κ3) is 3.87. The number of aromatic nitrogens is 2. The van der Waals surface area contributed by atoms with E-state index in [-0.39, 0.29) is 23.8 Å². The van der Waals surface area contributed by atoms with E-state index in [1.807, 2.05) is 30.5 Å². The molecule has 0 aliphatic carbocycles. The Bertz CT molecular complexity index is 817. The second-order valence-electron chi connectivity index (χ2n) is 5.91. The maximum atomic E-state index is 12.5. The Labute approximate surface area is 150 Å². The van der Waals surface area contributed by atoms with Gasteiger partial charge in [-0.15, -0.1) is 0 Å². The van der Waals surface area contributed by atoms with E-state index in [0.29, 0.717) is 23.1 Å². The van der Waals surface area contributed by atoms with E-state index < -0.39 is 0 Å². The average molecular weight is 359 g/mol. The Kier molecular flexibility index (Phi) is 5.43. The summed E-state index contributed by atoms with van der Waals surface area (Å²) in [5.41, 5.74) is 1.21. The minimum Gasteiger partial charge on any atom is -0.494 e. The van der Waals surface area contributed by atoms with Gasteiger partial charge in [-0.25, -0.2) is 4.98 Å². The first-order chi connectivity index (χ1) is 12.1. The molecule has 1 aromatic heterocycles. The smallest absolute Gasteiger partial charge is 0.257 e. The summed E-state index contributed by atoms with van der Waals surface area (Å²) in [6, 6.07) is 7.59. The van der Waals surface area contributed by atoms with Crippen molar-refractivity contribution in [2.75, 3.05) is 18.2 Å². The van der Waals surface area contributed by atoms with Crippen LogP contribution in [0.1, 0.15) is 43.2 Å². The highest BCUT2D eigenvalue weighted by molar-refractivity contribution is 7.98. The van der Waals surface area contributed by atoms with Crippen LogP contribution < -0.4 is 15.6 Å². The third-order valence-electron chi connectivity index (χ3n) is 4.17. The van der Waals surface area contributed by atoms with Crippen LogP contribution in [0.25, 0.3) is 0 Å². The van der Waals surface area contributed by atoms with Crippen molar-refractivity contribution >= 4 is 23.5 Å². The fourth-order valence-corrected chi connectivity index (χ4v) is 3.24. The first kappa shape index (κ1) is 17.5. The molecule has 132 valence electrons. The zero-order valence-corrected chi connectivity index (χ0v) is 15.1. The minimum atomic E-state index is -0.305. The van der Waals surface area contributed by atoms with Crippen LogP contribution in [0.4, 0.5) is 5.82 Å². The van der Waals surface area contributed by atoms with Crippen molar-refractivity contribution in [2.45, 2.75) is 37.3 Å². The van der Waals surface area contributed by atoms with Gasteiger partial charge in [0.25, 0.3) is 5.56 Å². The lowest BCUT2D eigenvalue weighted by atomic mass is 9.87. The minimum absolute atomic E-state index is 0.133. The Balaban J connectivity index is 1.91. The van der Waals surface area contributed by atoms with E-state index in [1.165, 1.54) is 11.8 Å². The Morgan fingerprint density at radius 2 is 2.04 bits per heavy atom. The van der Waals surface area contributed by atoms with Crippen molar-refractivity contribution in [1.82, 2.24) is 9.97 Å². The number of rotatable bonds is 6. The van der Waals surface area contributed by atoms with Crippen LogP contribution in [0.3, 0.4) is 0 Å². The molecule has 0 spiro atoms. The Hall–Kier alpha value is -2.28. The number of nitrogens with zero attached hydrogens (tertiary/aromatic N) is 1. The van der Waals surface area contributed by atoms with Crippen molar-refractivity contribution in [2.24, 2.45) is 0 Å². The zero-order chi connectivity index (χ0) is 17.8. The summed E-state index contributed by atoms with van der Waals surface area (Å²) >= 11 is 1.33. The molecule has 3 rings (SSSR count). The summed E-state index contributed by atoms with van der Waals surface area (Å²) in [7, 11) is 0. The molecule has 1 aliphatic heterocycles. The highest BCUT2D eigenvalue weighted by Gasteiger charge is 2.30. The summed E-state index contributed by atoms with van der Waals surface area (Å²) in [5.74, 6) is 0.714. The number of fused-ring (bicyclic) bond motifs is 1. The number of carbonyl (C=O) groups excluding carboxylic acids is 1. The maximum Gasteiger partial charge on any atom is 0.257 e. The largest absolute Gasteiger partial charge is 0.494 e. The number of benzene rings is 1. The molecule has 7 heteroatoms. The maximum absolute atomic E-state index is 12.5. The number of amides is 1. The van der Waals surface area contributed by atoms with Gasteiger partial charge in [0.15, 0.2) is 5.16 Å². The Morgan fingerprint density at radius 3 is 2.72 bits per heavy atom. The molecule has 1 aromatic carbocycles. The normalized spacial score (nSPS) is 16.2. The molecular formula is C18H21N3O3S. The summed E-state index contributed by atoms with van der Waals surface area (Å²) in [6.07, 6.45) is 4.15. The topological polar surface area (TPSA) is 84.1 Å². The molecule has 6 nitrogen and oxygen atoms in total. The van der Waals surface area contributed by atoms with Crippen LogP contribution in [0.15, 0.2) is 34.2 Å². The molecule has 2 aromatic rings. The third-order valence-corrected chi connectivity index (χ3v) is 4.75. The van der Waals surface area contributed by atoms with Gasteiger partial charge in [0.2, 0.25) is 5.91 Å². The molecule has 1 atom stereocenters. The molecule has 1 aliphatic rings. The lowest BCUT2D eigenvalue weighted by Crippen LogP contribution is -2.31. The summed E-state index contributed by atoms with van der Waals surface area (Å²) in [5, 5.41) is 3.20. The van der Waals surface area contributed by atoms with E-state index in [4.69, 9.17) is 4.74 Å². The predicted octanol–water partition coefficient (Wildman–Crippen LogP) is 3.14. The van der Waals surface area contributed by atoms with E-state index >= 15 is 0 Å². The fraction of sp³-hybridized carbons (Fsp3) is 0.389. The molecule has 0 radical (unpaired) electrons. The number of hydrogen-bond acceptors (Lipinski definition) is 5. The molecule has 2 heterocycles. The summed E-state index contributed by atoms with van der Waals surface area (Å²) in [6.45, 7) is 2.80. The predicted molar refractivity (Wildman–Crippen MR) is 98.6 cm³/mol. The van der Waals surface area contributed by atoms with Crippen molar-refractivity contribution < 1.29 is 9.53 Å². The first-order valence-corrected chi connectivity index (χ1v) is 9.55. The van der Waals surface area contributed by atoms with E-state index in [9.17, 15) is 9.59 Å². The van der Waals surface area contributed by atoms with Gasteiger partial charge in [-0.05, 0) is 30.4 Å². The highest BCUT2D eigenvalue weighted by Crippen LogP contribution is 2.34. The molecule has 0 fully saturated rings. The monoisotopic (exact) mass is 359 g/mol. The van der Waals surface area contributed by atoms with Gasteiger partial charge in [0.05, 0.1) is 12.2 Å². The number of nitrogens with one attached hydrogen (secondary N) is 2. The molecule has 0 unspecified atom stereocenters. The van der Waals surface area contributed by atoms with E-state index in [2.05, 4.69) is 22.2 Å². The summed E-state index contributed by atoms with van der Waals surface area (Å²) in [4.78, 5) is 31.7. The van der Waals surface area contributed by atoms with Crippen molar-refractivity contribution in [3.63, 3.8) is 0 Å². The van der Waals surface area contributed by atoms with Crippen molar-refractivity contribution in [1.29, 1.82) is 0 Å². The summed E-state index contributed by atoms with van der Waals surface area (Å²) < 4.78 is 5.67. The van der Waals surface area contributed by atoms with Gasteiger partial charge >= 0.3 is 0 Å². The van der Waals surface area contributed by atoms with Crippen LogP contribution in [0.2, 0.25) is 0 Å². The van der Waals surface area contributed by atoms with Gasteiger partial charge in [-0.1, -0.05) is 37.2 Å². The van der Waals surface area contributed by atoms with Gasteiger partial charge in [-0.3, -0.25) is 9.59 Å². The average Bonchev–Trinajstić information content (AvgIpc) is 2.61. The SMILES string of the molecule is CCCCOc1ccc([C@@H]2CC(=O)Nc3nc(SC)[nH]c(=O)c32)cc1. The fourth-order valence-electron chi connectivity index (χ4n) is 2.86. The molecule has 1 amide bonds. The lowest BCUT2D eigenvalue weighted by Gasteiger charge is -2.24. The molecule has 0 saturated carbocycles. The number of aromatic amines is 1. The van der Waals surface area contributed by atoms with E-state index in [0.717, 1.165) is 24.2 Å². The van der Waals surface area contributed by atoms with Crippen molar-refractivity contribution in [3.05, 3.63) is 45.7 Å². The van der Waals surface area contributed by atoms with Crippen molar-refractivity contribution in [3.8, 4) is 5.75 Å². The van der Waals surface area contributed by atoms with Gasteiger partial charge in [0.1, 0.15) is 11.6 Å². The lowest BCUT2D eigenvalue weighted by molar-refractivity contribution is -0.116. The number of ether oxygens (including phenoxy) is 1. The quantitative estimate of drug-likeness (QED) is 0.470. The van der Waals surface area contributed by atoms with Crippen LogP contribution in [0, 0.1) is 0 Å². The van der Waals surface area contributed by atoms with Crippen LogP contribution >= 0.6 is 11.8 Å². The molecule has 0 bridgehead atoms. The van der Waals surface area contributed by atoms with Crippen LogP contribution in [-0.2, 0) is 4.79 Å². The number of thioether (sulfide) groups is 1. The van der Waals surface area contributed by atoms with Gasteiger partial charge < -0.3 is 15.0 Å². The zero-order valence-electron chi connectivity index (χ0n) is 14.3. The molecule has 0 saturated heterocycles.